The second-order valence-electron chi connectivity index (χ2n) is 5.92. The van der Waals surface area contributed by atoms with Crippen LogP contribution in [-0.4, -0.2) is 23.2 Å². The van der Waals surface area contributed by atoms with Gasteiger partial charge in [0.1, 0.15) is 5.75 Å². The van der Waals surface area contributed by atoms with Crippen molar-refractivity contribution in [3.05, 3.63) is 71.1 Å². The van der Waals surface area contributed by atoms with Gasteiger partial charge in [0, 0.05) is 0 Å². The average Bonchev–Trinajstić information content (AvgIpc) is 3.09. The third-order valence-electron chi connectivity index (χ3n) is 4.02. The van der Waals surface area contributed by atoms with Crippen molar-refractivity contribution in [1.82, 2.24) is 10.2 Å². The van der Waals surface area contributed by atoms with E-state index in [4.69, 9.17) is 9.15 Å². The summed E-state index contributed by atoms with van der Waals surface area (Å²) in [5.41, 5.74) is 3.20. The Morgan fingerprint density at radius 1 is 1.00 bits per heavy atom. The fourth-order valence-corrected chi connectivity index (χ4v) is 2.54. The summed E-state index contributed by atoms with van der Waals surface area (Å²) in [6, 6.07) is 15.7. The minimum atomic E-state index is -0.186. The minimum Gasteiger partial charge on any atom is -0.497 e. The third kappa shape index (κ3) is 4.69. The van der Waals surface area contributed by atoms with Crippen LogP contribution in [0.4, 0.5) is 6.01 Å². The number of nitrogens with zero attached hydrogens (tertiary/aromatic N) is 2. The highest BCUT2D eigenvalue weighted by Gasteiger charge is 2.11. The highest BCUT2D eigenvalue weighted by atomic mass is 16.5. The molecule has 0 spiro atoms. The Kier molecular flexibility index (Phi) is 5.63. The van der Waals surface area contributed by atoms with Gasteiger partial charge in [0.05, 0.1) is 20.0 Å². The van der Waals surface area contributed by atoms with E-state index >= 15 is 0 Å². The molecule has 1 N–H and O–H groups in total. The van der Waals surface area contributed by atoms with E-state index in [-0.39, 0.29) is 18.3 Å². The lowest BCUT2D eigenvalue weighted by Crippen LogP contribution is -2.14. The van der Waals surface area contributed by atoms with Gasteiger partial charge in [-0.3, -0.25) is 10.1 Å². The summed E-state index contributed by atoms with van der Waals surface area (Å²) < 4.78 is 10.6. The molecule has 3 aromatic rings. The Morgan fingerprint density at radius 3 is 2.31 bits per heavy atom. The van der Waals surface area contributed by atoms with Gasteiger partial charge in [-0.1, -0.05) is 48.4 Å². The molecule has 0 saturated carbocycles. The van der Waals surface area contributed by atoms with Gasteiger partial charge >= 0.3 is 6.01 Å². The predicted octanol–water partition coefficient (Wildman–Crippen LogP) is 3.41. The van der Waals surface area contributed by atoms with Crippen molar-refractivity contribution in [1.29, 1.82) is 0 Å². The lowest BCUT2D eigenvalue weighted by Gasteiger charge is -2.03. The second kappa shape index (κ2) is 8.29. The van der Waals surface area contributed by atoms with E-state index in [1.165, 1.54) is 5.56 Å². The standard InChI is InChI=1S/C20H21N3O3/c1-3-14-4-6-15(7-5-14)12-18(24)21-20-23-22-19(26-20)13-16-8-10-17(25-2)11-9-16/h4-11H,3,12-13H2,1-2H3,(H,21,23,24). The molecule has 1 aromatic heterocycles. The number of hydrogen-bond donors (Lipinski definition) is 1. The topological polar surface area (TPSA) is 77.2 Å². The van der Waals surface area contributed by atoms with Crippen molar-refractivity contribution < 1.29 is 13.9 Å². The number of rotatable bonds is 7. The van der Waals surface area contributed by atoms with Gasteiger partial charge < -0.3 is 9.15 Å². The van der Waals surface area contributed by atoms with Gasteiger partial charge in [-0.15, -0.1) is 5.10 Å². The molecular formula is C20H21N3O3. The van der Waals surface area contributed by atoms with Crippen LogP contribution in [0.2, 0.25) is 0 Å². The first-order valence-electron chi connectivity index (χ1n) is 8.49. The SMILES string of the molecule is CCc1ccc(CC(=O)Nc2nnc(Cc3ccc(OC)cc3)o2)cc1. The number of aryl methyl sites for hydroxylation is 1. The van der Waals surface area contributed by atoms with E-state index in [0.717, 1.165) is 23.3 Å². The lowest BCUT2D eigenvalue weighted by molar-refractivity contribution is -0.115. The number of nitrogens with one attached hydrogen (secondary N) is 1. The maximum absolute atomic E-state index is 12.1. The molecule has 0 unspecified atom stereocenters. The fraction of sp³-hybridized carbons (Fsp3) is 0.250. The Balaban J connectivity index is 1.55. The first kappa shape index (κ1) is 17.7. The molecule has 0 saturated heterocycles. The Hall–Kier alpha value is -3.15. The van der Waals surface area contributed by atoms with Crippen LogP contribution in [0.5, 0.6) is 5.75 Å². The van der Waals surface area contributed by atoms with Gasteiger partial charge in [-0.2, -0.15) is 0 Å². The Morgan fingerprint density at radius 2 is 1.65 bits per heavy atom. The maximum atomic E-state index is 12.1. The molecule has 6 nitrogen and oxygen atoms in total. The summed E-state index contributed by atoms with van der Waals surface area (Å²) >= 11 is 0. The van der Waals surface area contributed by atoms with Gasteiger partial charge in [-0.25, -0.2) is 0 Å². The molecule has 2 aromatic carbocycles. The van der Waals surface area contributed by atoms with Crippen molar-refractivity contribution in [2.45, 2.75) is 26.2 Å². The predicted molar refractivity (Wildman–Crippen MR) is 98.3 cm³/mol. The second-order valence-corrected chi connectivity index (χ2v) is 5.92. The summed E-state index contributed by atoms with van der Waals surface area (Å²) in [7, 11) is 1.63. The van der Waals surface area contributed by atoms with Crippen molar-refractivity contribution >= 4 is 11.9 Å². The summed E-state index contributed by atoms with van der Waals surface area (Å²) in [4.78, 5) is 12.1. The quantitative estimate of drug-likeness (QED) is 0.706. The Labute approximate surface area is 152 Å². The summed E-state index contributed by atoms with van der Waals surface area (Å²) in [6.45, 7) is 2.10. The zero-order valence-electron chi connectivity index (χ0n) is 14.9. The molecule has 0 aliphatic rings. The van der Waals surface area contributed by atoms with Crippen LogP contribution in [0.25, 0.3) is 0 Å². The first-order valence-corrected chi connectivity index (χ1v) is 8.49. The van der Waals surface area contributed by atoms with E-state index in [0.29, 0.717) is 12.3 Å². The number of methoxy groups -OCH3 is 1. The van der Waals surface area contributed by atoms with E-state index in [1.54, 1.807) is 7.11 Å². The molecule has 0 radical (unpaired) electrons. The van der Waals surface area contributed by atoms with Crippen LogP contribution >= 0.6 is 0 Å². The smallest absolute Gasteiger partial charge is 0.322 e. The molecule has 0 atom stereocenters. The number of anilines is 1. The molecule has 0 fully saturated rings. The van der Waals surface area contributed by atoms with Crippen LogP contribution in [0.3, 0.4) is 0 Å². The molecule has 6 heteroatoms. The van der Waals surface area contributed by atoms with Crippen molar-refractivity contribution in [2.24, 2.45) is 0 Å². The van der Waals surface area contributed by atoms with Crippen LogP contribution < -0.4 is 10.1 Å². The van der Waals surface area contributed by atoms with E-state index in [9.17, 15) is 4.79 Å². The molecular weight excluding hydrogens is 330 g/mol. The number of carbonyl (C=O) groups is 1. The molecule has 0 aliphatic carbocycles. The van der Waals surface area contributed by atoms with Crippen molar-refractivity contribution in [3.63, 3.8) is 0 Å². The molecule has 1 heterocycles. The van der Waals surface area contributed by atoms with E-state index in [1.807, 2.05) is 48.5 Å². The number of benzene rings is 2. The zero-order valence-corrected chi connectivity index (χ0v) is 14.9. The number of aromatic nitrogens is 2. The Bertz CT molecular complexity index is 855. The van der Waals surface area contributed by atoms with Gasteiger partial charge in [0.2, 0.25) is 11.8 Å². The van der Waals surface area contributed by atoms with Gasteiger partial charge in [0.25, 0.3) is 0 Å². The minimum absolute atomic E-state index is 0.115. The van der Waals surface area contributed by atoms with Crippen LogP contribution in [0, 0.1) is 0 Å². The van der Waals surface area contributed by atoms with Gasteiger partial charge in [0.15, 0.2) is 0 Å². The van der Waals surface area contributed by atoms with E-state index in [2.05, 4.69) is 22.4 Å². The van der Waals surface area contributed by atoms with Crippen LogP contribution in [0.1, 0.15) is 29.5 Å². The highest BCUT2D eigenvalue weighted by molar-refractivity contribution is 5.90. The largest absolute Gasteiger partial charge is 0.497 e. The summed E-state index contributed by atoms with van der Waals surface area (Å²) in [5, 5.41) is 10.5. The zero-order chi connectivity index (χ0) is 18.4. The molecule has 1 amide bonds. The number of carbonyl (C=O) groups excluding carboxylic acids is 1. The summed E-state index contributed by atoms with van der Waals surface area (Å²) in [5.74, 6) is 1.05. The maximum Gasteiger partial charge on any atom is 0.322 e. The number of ether oxygens (including phenoxy) is 1. The van der Waals surface area contributed by atoms with Crippen molar-refractivity contribution in [2.75, 3.05) is 12.4 Å². The number of hydrogen-bond acceptors (Lipinski definition) is 5. The van der Waals surface area contributed by atoms with E-state index < -0.39 is 0 Å². The average molecular weight is 351 g/mol. The monoisotopic (exact) mass is 351 g/mol. The lowest BCUT2D eigenvalue weighted by atomic mass is 10.1. The van der Waals surface area contributed by atoms with Crippen molar-refractivity contribution in [3.8, 4) is 5.75 Å². The molecule has 26 heavy (non-hydrogen) atoms. The molecule has 0 bridgehead atoms. The summed E-state index contributed by atoms with van der Waals surface area (Å²) in [6.07, 6.45) is 1.73. The first-order chi connectivity index (χ1) is 12.7. The fourth-order valence-electron chi connectivity index (χ4n) is 2.54. The molecule has 3 rings (SSSR count). The van der Waals surface area contributed by atoms with Crippen LogP contribution in [0.15, 0.2) is 52.9 Å². The van der Waals surface area contributed by atoms with Gasteiger partial charge in [-0.05, 0) is 35.2 Å². The molecule has 0 aliphatic heterocycles. The number of amides is 1. The third-order valence-corrected chi connectivity index (χ3v) is 4.02. The molecule has 134 valence electrons. The van der Waals surface area contributed by atoms with Crippen LogP contribution in [-0.2, 0) is 24.1 Å². The highest BCUT2D eigenvalue weighted by Crippen LogP contribution is 2.15. The normalized spacial score (nSPS) is 10.5.